The largest absolute Gasteiger partial charge is 0.0584 e. The molecule has 8 bridgehead atoms. The van der Waals surface area contributed by atoms with E-state index in [0.29, 0.717) is 10.8 Å². The molecule has 0 nitrogen and oxygen atoms in total. The van der Waals surface area contributed by atoms with Crippen molar-refractivity contribution in [3.05, 3.63) is 58.7 Å². The maximum atomic E-state index is 2.67. The number of aryl methyl sites for hydroxylation is 2. The van der Waals surface area contributed by atoms with E-state index in [0.717, 1.165) is 35.5 Å². The maximum absolute atomic E-state index is 2.67. The van der Waals surface area contributed by atoms with Crippen molar-refractivity contribution in [1.82, 2.24) is 0 Å². The van der Waals surface area contributed by atoms with Crippen LogP contribution in [0.3, 0.4) is 0 Å². The van der Waals surface area contributed by atoms with Crippen LogP contribution in [0.5, 0.6) is 0 Å². The average molecular weight is 451 g/mol. The summed E-state index contributed by atoms with van der Waals surface area (Å²) in [6.07, 6.45) is 18.0. The SMILES string of the molecule is Cc1ccc(C23CC4CC(CC(C4)C2)C3)cc1-c1cc(C23CC4CC(CC(C4)C2)C3)ccc1C. The molecule has 0 N–H and O–H groups in total. The zero-order valence-corrected chi connectivity index (χ0v) is 21.4. The summed E-state index contributed by atoms with van der Waals surface area (Å²) in [7, 11) is 0. The van der Waals surface area contributed by atoms with E-state index in [1.54, 1.807) is 11.1 Å². The van der Waals surface area contributed by atoms with Crippen molar-refractivity contribution in [3.63, 3.8) is 0 Å². The van der Waals surface area contributed by atoms with Crippen LogP contribution >= 0.6 is 0 Å². The third-order valence-corrected chi connectivity index (χ3v) is 12.1. The molecular formula is C34H42. The molecule has 0 aliphatic heterocycles. The van der Waals surface area contributed by atoms with Crippen molar-refractivity contribution in [1.29, 1.82) is 0 Å². The van der Waals surface area contributed by atoms with Crippen molar-refractivity contribution in [3.8, 4) is 11.1 Å². The van der Waals surface area contributed by atoms with Crippen molar-refractivity contribution >= 4 is 0 Å². The Morgan fingerprint density at radius 1 is 0.471 bits per heavy atom. The molecule has 0 saturated heterocycles. The van der Waals surface area contributed by atoms with Gasteiger partial charge in [-0.3, -0.25) is 0 Å². The molecule has 178 valence electrons. The molecule has 8 aliphatic carbocycles. The van der Waals surface area contributed by atoms with Gasteiger partial charge >= 0.3 is 0 Å². The summed E-state index contributed by atoms with van der Waals surface area (Å²) in [6.45, 7) is 4.71. The van der Waals surface area contributed by atoms with Crippen LogP contribution in [0, 0.1) is 49.4 Å². The van der Waals surface area contributed by atoms with E-state index in [2.05, 4.69) is 50.2 Å². The summed E-state index contributed by atoms with van der Waals surface area (Å²) in [6, 6.07) is 15.4. The fraction of sp³-hybridized carbons (Fsp3) is 0.647. The van der Waals surface area contributed by atoms with E-state index >= 15 is 0 Å². The van der Waals surface area contributed by atoms with Crippen molar-refractivity contribution in [2.45, 2.75) is 102 Å². The molecule has 0 unspecified atom stereocenters. The van der Waals surface area contributed by atoms with Crippen LogP contribution in [0.2, 0.25) is 0 Å². The number of hydrogen-bond acceptors (Lipinski definition) is 0. The first-order valence-electron chi connectivity index (χ1n) is 14.7. The van der Waals surface area contributed by atoms with Gasteiger partial charge in [0.2, 0.25) is 0 Å². The van der Waals surface area contributed by atoms with Crippen molar-refractivity contribution < 1.29 is 0 Å². The van der Waals surface area contributed by atoms with Gasteiger partial charge in [-0.25, -0.2) is 0 Å². The molecule has 8 aliphatic rings. The van der Waals surface area contributed by atoms with Crippen LogP contribution in [0.1, 0.15) is 99.3 Å². The second kappa shape index (κ2) is 7.02. The first-order valence-corrected chi connectivity index (χ1v) is 14.7. The minimum Gasteiger partial charge on any atom is -0.0584 e. The normalized spacial score (nSPS) is 43.6. The molecule has 2 aromatic rings. The average Bonchev–Trinajstić information content (AvgIpc) is 2.78. The zero-order valence-electron chi connectivity index (χ0n) is 21.4. The number of hydrogen-bond donors (Lipinski definition) is 0. The van der Waals surface area contributed by atoms with E-state index in [-0.39, 0.29) is 0 Å². The first kappa shape index (κ1) is 20.6. The molecule has 0 aromatic heterocycles. The fourth-order valence-corrected chi connectivity index (χ4v) is 11.4. The molecule has 0 amide bonds. The van der Waals surface area contributed by atoms with Gasteiger partial charge in [0, 0.05) is 0 Å². The molecule has 0 spiro atoms. The highest BCUT2D eigenvalue weighted by atomic mass is 14.6. The summed E-state index contributed by atoms with van der Waals surface area (Å²) >= 11 is 0. The summed E-state index contributed by atoms with van der Waals surface area (Å²) < 4.78 is 0. The fourth-order valence-electron chi connectivity index (χ4n) is 11.4. The van der Waals surface area contributed by atoms with Gasteiger partial charge in [0.15, 0.2) is 0 Å². The Bertz CT molecular complexity index is 987. The lowest BCUT2D eigenvalue weighted by Gasteiger charge is -2.57. The van der Waals surface area contributed by atoms with E-state index in [1.165, 1.54) is 99.3 Å². The van der Waals surface area contributed by atoms with Gasteiger partial charge in [-0.15, -0.1) is 0 Å². The number of benzene rings is 2. The van der Waals surface area contributed by atoms with E-state index in [4.69, 9.17) is 0 Å². The monoisotopic (exact) mass is 450 g/mol. The summed E-state index contributed by atoms with van der Waals surface area (Å²) in [5.74, 6) is 6.07. The van der Waals surface area contributed by atoms with Crippen LogP contribution in [0.25, 0.3) is 11.1 Å². The second-order valence-corrected chi connectivity index (χ2v) is 14.5. The quantitative estimate of drug-likeness (QED) is 0.438. The topological polar surface area (TPSA) is 0 Å². The Kier molecular flexibility index (Phi) is 4.25. The van der Waals surface area contributed by atoms with Gasteiger partial charge in [-0.1, -0.05) is 36.4 Å². The molecule has 34 heavy (non-hydrogen) atoms. The Morgan fingerprint density at radius 2 is 0.765 bits per heavy atom. The van der Waals surface area contributed by atoms with E-state index in [1.807, 2.05) is 0 Å². The Morgan fingerprint density at radius 3 is 1.06 bits per heavy atom. The third kappa shape index (κ3) is 2.96. The summed E-state index contributed by atoms with van der Waals surface area (Å²) in [5, 5.41) is 0. The summed E-state index contributed by atoms with van der Waals surface area (Å²) in [5.41, 5.74) is 10.4. The van der Waals surface area contributed by atoms with Gasteiger partial charge in [-0.2, -0.15) is 0 Å². The molecule has 0 radical (unpaired) electrons. The van der Waals surface area contributed by atoms with E-state index < -0.39 is 0 Å². The molecule has 0 heterocycles. The van der Waals surface area contributed by atoms with Gasteiger partial charge in [-0.05, 0) is 171 Å². The predicted octanol–water partition coefficient (Wildman–Crippen LogP) is 8.91. The van der Waals surface area contributed by atoms with Crippen molar-refractivity contribution in [2.24, 2.45) is 35.5 Å². The van der Waals surface area contributed by atoms with Crippen LogP contribution in [-0.2, 0) is 10.8 Å². The lowest BCUT2D eigenvalue weighted by molar-refractivity contribution is -0.00535. The molecular weight excluding hydrogens is 408 g/mol. The highest BCUT2D eigenvalue weighted by Crippen LogP contribution is 2.62. The Labute approximate surface area is 206 Å². The van der Waals surface area contributed by atoms with Gasteiger partial charge < -0.3 is 0 Å². The molecule has 0 heteroatoms. The predicted molar refractivity (Wildman–Crippen MR) is 141 cm³/mol. The van der Waals surface area contributed by atoms with Gasteiger partial charge in [0.05, 0.1) is 0 Å². The van der Waals surface area contributed by atoms with Gasteiger partial charge in [0.1, 0.15) is 0 Å². The van der Waals surface area contributed by atoms with Crippen molar-refractivity contribution in [2.75, 3.05) is 0 Å². The second-order valence-electron chi connectivity index (χ2n) is 14.5. The molecule has 10 rings (SSSR count). The Balaban J connectivity index is 1.20. The first-order chi connectivity index (χ1) is 16.5. The Hall–Kier alpha value is -1.56. The minimum absolute atomic E-state index is 0.489. The number of rotatable bonds is 3. The smallest absolute Gasteiger partial charge is 0.00388 e. The third-order valence-electron chi connectivity index (χ3n) is 12.1. The lowest BCUT2D eigenvalue weighted by atomic mass is 9.48. The highest BCUT2D eigenvalue weighted by molar-refractivity contribution is 5.72. The highest BCUT2D eigenvalue weighted by Gasteiger charge is 2.53. The molecule has 2 aromatic carbocycles. The van der Waals surface area contributed by atoms with Crippen LogP contribution < -0.4 is 0 Å². The zero-order chi connectivity index (χ0) is 22.7. The molecule has 8 saturated carbocycles. The minimum atomic E-state index is 0.489. The van der Waals surface area contributed by atoms with Gasteiger partial charge in [0.25, 0.3) is 0 Å². The van der Waals surface area contributed by atoms with Crippen LogP contribution in [-0.4, -0.2) is 0 Å². The lowest BCUT2D eigenvalue weighted by Crippen LogP contribution is -2.48. The van der Waals surface area contributed by atoms with E-state index in [9.17, 15) is 0 Å². The summed E-state index contributed by atoms with van der Waals surface area (Å²) in [4.78, 5) is 0. The molecule has 0 atom stereocenters. The molecule has 8 fully saturated rings. The van der Waals surface area contributed by atoms with Crippen LogP contribution in [0.4, 0.5) is 0 Å². The standard InChI is InChI=1S/C34H42/c1-21-3-5-29(33-15-23-7-24(16-33)9-25(8-23)17-33)13-31(21)32-14-30(6-4-22(32)2)34-18-26-10-27(19-34)12-28(11-26)20-34/h3-6,13-14,23-28H,7-12,15-20H2,1-2H3. The maximum Gasteiger partial charge on any atom is -0.00388 e. The van der Waals surface area contributed by atoms with Crippen LogP contribution in [0.15, 0.2) is 36.4 Å².